The number of benzene rings is 1. The summed E-state index contributed by atoms with van der Waals surface area (Å²) in [6.45, 7) is 7.53. The highest BCUT2D eigenvalue weighted by Crippen LogP contribution is 2.26. The van der Waals surface area contributed by atoms with Gasteiger partial charge in [0.25, 0.3) is 0 Å². The number of amides is 1. The van der Waals surface area contributed by atoms with Crippen molar-refractivity contribution in [3.05, 3.63) is 51.7 Å². The number of nitrogens with one attached hydrogen (secondary N) is 1. The molecule has 5 nitrogen and oxygen atoms in total. The molecule has 7 heteroatoms. The monoisotopic (exact) mass is 386 g/mol. The van der Waals surface area contributed by atoms with Crippen molar-refractivity contribution in [1.29, 1.82) is 0 Å². The first-order valence-electron chi connectivity index (χ1n) is 8.51. The molecule has 0 aliphatic rings. The van der Waals surface area contributed by atoms with E-state index in [0.29, 0.717) is 12.3 Å². The number of thiophene rings is 1. The lowest BCUT2D eigenvalue weighted by atomic mass is 10.1. The number of nitrogens with zero attached hydrogens (tertiary/aromatic N) is 3. The Balaban J connectivity index is 1.64. The van der Waals surface area contributed by atoms with Gasteiger partial charge in [0.15, 0.2) is 11.0 Å². The largest absolute Gasteiger partial charge is 0.350 e. The molecule has 0 radical (unpaired) electrons. The molecule has 0 saturated carbocycles. The van der Waals surface area contributed by atoms with Gasteiger partial charge in [-0.3, -0.25) is 4.79 Å². The number of carbonyl (C=O) groups is 1. The summed E-state index contributed by atoms with van der Waals surface area (Å²) in [5.41, 5.74) is 3.46. The van der Waals surface area contributed by atoms with Gasteiger partial charge < -0.3 is 9.88 Å². The number of aromatic nitrogens is 3. The molecule has 2 aromatic heterocycles. The molecule has 2 heterocycles. The van der Waals surface area contributed by atoms with Crippen molar-refractivity contribution in [2.75, 3.05) is 5.75 Å². The van der Waals surface area contributed by atoms with Gasteiger partial charge in [-0.05, 0) is 43.3 Å². The molecule has 0 saturated heterocycles. The van der Waals surface area contributed by atoms with Gasteiger partial charge in [0, 0.05) is 17.0 Å². The summed E-state index contributed by atoms with van der Waals surface area (Å²) in [6, 6.07) is 10.2. The summed E-state index contributed by atoms with van der Waals surface area (Å²) in [7, 11) is 0. The van der Waals surface area contributed by atoms with E-state index in [1.165, 1.54) is 22.2 Å². The van der Waals surface area contributed by atoms with Gasteiger partial charge in [-0.15, -0.1) is 21.5 Å². The van der Waals surface area contributed by atoms with Gasteiger partial charge in [-0.1, -0.05) is 36.0 Å². The SMILES string of the molecule is CCn1c(SCC(=O)NCc2sccc2C)nnc1-c1ccccc1C. The van der Waals surface area contributed by atoms with Crippen molar-refractivity contribution >= 4 is 29.0 Å². The Labute approximate surface area is 161 Å². The van der Waals surface area contributed by atoms with E-state index in [0.717, 1.165) is 28.7 Å². The van der Waals surface area contributed by atoms with Gasteiger partial charge in [-0.25, -0.2) is 0 Å². The number of aryl methyl sites for hydroxylation is 2. The molecule has 3 rings (SSSR count). The Bertz CT molecular complexity index is 901. The number of hydrogen-bond acceptors (Lipinski definition) is 5. The summed E-state index contributed by atoms with van der Waals surface area (Å²) in [4.78, 5) is 13.4. The highest BCUT2D eigenvalue weighted by atomic mass is 32.2. The van der Waals surface area contributed by atoms with E-state index in [4.69, 9.17) is 0 Å². The van der Waals surface area contributed by atoms with Crippen LogP contribution in [0, 0.1) is 13.8 Å². The summed E-state index contributed by atoms with van der Waals surface area (Å²) in [5, 5.41) is 14.4. The molecule has 1 amide bonds. The molecular formula is C19H22N4OS2. The zero-order valence-electron chi connectivity index (χ0n) is 15.2. The minimum atomic E-state index is 0.00546. The number of hydrogen-bond donors (Lipinski definition) is 1. The molecule has 0 bridgehead atoms. The summed E-state index contributed by atoms with van der Waals surface area (Å²) < 4.78 is 2.06. The van der Waals surface area contributed by atoms with Gasteiger partial charge in [0.2, 0.25) is 5.91 Å². The zero-order valence-corrected chi connectivity index (χ0v) is 16.8. The molecular weight excluding hydrogens is 364 g/mol. The van der Waals surface area contributed by atoms with Crippen LogP contribution >= 0.6 is 23.1 Å². The highest BCUT2D eigenvalue weighted by molar-refractivity contribution is 7.99. The van der Waals surface area contributed by atoms with Gasteiger partial charge in [0.05, 0.1) is 12.3 Å². The predicted octanol–water partition coefficient (Wildman–Crippen LogP) is 4.05. The number of carbonyl (C=O) groups excluding carboxylic acids is 1. The molecule has 26 heavy (non-hydrogen) atoms. The molecule has 0 aliphatic heterocycles. The van der Waals surface area contributed by atoms with Crippen molar-refractivity contribution in [2.45, 2.75) is 39.0 Å². The maximum Gasteiger partial charge on any atom is 0.230 e. The molecule has 3 aromatic rings. The Kier molecular flexibility index (Phi) is 6.11. The fourth-order valence-electron chi connectivity index (χ4n) is 2.65. The summed E-state index contributed by atoms with van der Waals surface area (Å²) >= 11 is 3.09. The maximum atomic E-state index is 12.2. The first-order chi connectivity index (χ1) is 12.6. The minimum Gasteiger partial charge on any atom is -0.350 e. The van der Waals surface area contributed by atoms with E-state index >= 15 is 0 Å². The molecule has 136 valence electrons. The van der Waals surface area contributed by atoms with E-state index in [-0.39, 0.29) is 5.91 Å². The van der Waals surface area contributed by atoms with E-state index in [1.807, 2.05) is 17.5 Å². The Hall–Kier alpha value is -2.12. The van der Waals surface area contributed by atoms with E-state index in [2.05, 4.69) is 59.1 Å². The van der Waals surface area contributed by atoms with Gasteiger partial charge >= 0.3 is 0 Å². The maximum absolute atomic E-state index is 12.2. The Morgan fingerprint density at radius 2 is 2.00 bits per heavy atom. The van der Waals surface area contributed by atoms with Crippen molar-refractivity contribution in [3.63, 3.8) is 0 Å². The van der Waals surface area contributed by atoms with Crippen LogP contribution < -0.4 is 5.32 Å². The van der Waals surface area contributed by atoms with Crippen LogP contribution in [0.15, 0.2) is 40.9 Å². The van der Waals surface area contributed by atoms with Crippen molar-refractivity contribution in [3.8, 4) is 11.4 Å². The first kappa shape index (κ1) is 18.7. The lowest BCUT2D eigenvalue weighted by Crippen LogP contribution is -2.24. The molecule has 0 aliphatic carbocycles. The van der Waals surface area contributed by atoms with E-state index in [1.54, 1.807) is 11.3 Å². The fraction of sp³-hybridized carbons (Fsp3) is 0.316. The van der Waals surface area contributed by atoms with Crippen molar-refractivity contribution in [1.82, 2.24) is 20.1 Å². The van der Waals surface area contributed by atoms with Crippen LogP contribution in [-0.4, -0.2) is 26.4 Å². The van der Waals surface area contributed by atoms with Crippen LogP contribution in [0.1, 0.15) is 22.9 Å². The van der Waals surface area contributed by atoms with Crippen LogP contribution in [0.3, 0.4) is 0 Å². The third kappa shape index (κ3) is 4.16. The molecule has 1 N–H and O–H groups in total. The fourth-order valence-corrected chi connectivity index (χ4v) is 4.33. The average molecular weight is 387 g/mol. The standard InChI is InChI=1S/C19H22N4OS2/c1-4-23-18(15-8-6-5-7-13(15)2)21-22-19(23)26-12-17(24)20-11-16-14(3)9-10-25-16/h5-10H,4,11-12H2,1-3H3,(H,20,24). The normalized spacial score (nSPS) is 10.9. The lowest BCUT2D eigenvalue weighted by Gasteiger charge is -2.09. The van der Waals surface area contributed by atoms with E-state index < -0.39 is 0 Å². The topological polar surface area (TPSA) is 59.8 Å². The Morgan fingerprint density at radius 1 is 1.19 bits per heavy atom. The quantitative estimate of drug-likeness (QED) is 0.622. The van der Waals surface area contributed by atoms with Crippen LogP contribution in [-0.2, 0) is 17.9 Å². The molecule has 0 fully saturated rings. The summed E-state index contributed by atoms with van der Waals surface area (Å²) in [6.07, 6.45) is 0. The summed E-state index contributed by atoms with van der Waals surface area (Å²) in [5.74, 6) is 1.18. The van der Waals surface area contributed by atoms with Crippen molar-refractivity contribution < 1.29 is 4.79 Å². The second-order valence-corrected chi connectivity index (χ2v) is 7.90. The van der Waals surface area contributed by atoms with Gasteiger partial charge in [-0.2, -0.15) is 0 Å². The average Bonchev–Trinajstić information content (AvgIpc) is 3.24. The lowest BCUT2D eigenvalue weighted by molar-refractivity contribution is -0.118. The second-order valence-electron chi connectivity index (χ2n) is 5.96. The van der Waals surface area contributed by atoms with Crippen LogP contribution in [0.25, 0.3) is 11.4 Å². The predicted molar refractivity (Wildman–Crippen MR) is 107 cm³/mol. The Morgan fingerprint density at radius 3 is 2.69 bits per heavy atom. The third-order valence-corrected chi connectivity index (χ3v) is 6.16. The number of thioether (sulfide) groups is 1. The second kappa shape index (κ2) is 8.51. The zero-order chi connectivity index (χ0) is 18.5. The van der Waals surface area contributed by atoms with Crippen LogP contribution in [0.2, 0.25) is 0 Å². The smallest absolute Gasteiger partial charge is 0.230 e. The van der Waals surface area contributed by atoms with Crippen LogP contribution in [0.5, 0.6) is 0 Å². The molecule has 1 aromatic carbocycles. The number of rotatable bonds is 7. The first-order valence-corrected chi connectivity index (χ1v) is 10.4. The van der Waals surface area contributed by atoms with E-state index in [9.17, 15) is 4.79 Å². The molecule has 0 unspecified atom stereocenters. The third-order valence-electron chi connectivity index (χ3n) is 4.17. The van der Waals surface area contributed by atoms with Crippen molar-refractivity contribution in [2.24, 2.45) is 0 Å². The molecule has 0 spiro atoms. The molecule has 0 atom stereocenters. The van der Waals surface area contributed by atoms with Crippen LogP contribution in [0.4, 0.5) is 0 Å². The minimum absolute atomic E-state index is 0.00546. The highest BCUT2D eigenvalue weighted by Gasteiger charge is 2.15. The van der Waals surface area contributed by atoms with Gasteiger partial charge in [0.1, 0.15) is 0 Å².